The molecular weight excluding hydrogens is 348 g/mol. The van der Waals surface area contributed by atoms with Gasteiger partial charge in [-0.3, -0.25) is 0 Å². The molecule has 1 atom stereocenters. The third kappa shape index (κ3) is 25.7. The van der Waals surface area contributed by atoms with Crippen molar-refractivity contribution in [2.24, 2.45) is 5.92 Å². The van der Waals surface area contributed by atoms with Crippen molar-refractivity contribution in [3.8, 4) is 0 Å². The third-order valence-corrected chi connectivity index (χ3v) is 6.30. The van der Waals surface area contributed by atoms with E-state index in [9.17, 15) is 0 Å². The highest BCUT2D eigenvalue weighted by Gasteiger charge is 2.01. The minimum Gasteiger partial charge on any atom is -0.0885 e. The van der Waals surface area contributed by atoms with Crippen molar-refractivity contribution < 1.29 is 0 Å². The maximum absolute atomic E-state index is 3.91. The summed E-state index contributed by atoms with van der Waals surface area (Å²) >= 11 is 0. The van der Waals surface area contributed by atoms with Crippen LogP contribution in [0.5, 0.6) is 0 Å². The SMILES string of the molecule is [CH2]CCCC/C=C/CCCC(C)CCCCCCCCCCCCCCCC[CH2]. The average molecular weight is 405 g/mol. The molecule has 0 aromatic rings. The Morgan fingerprint density at radius 3 is 1.28 bits per heavy atom. The van der Waals surface area contributed by atoms with E-state index >= 15 is 0 Å². The molecule has 0 saturated heterocycles. The van der Waals surface area contributed by atoms with E-state index in [2.05, 4.69) is 32.9 Å². The molecule has 0 aliphatic rings. The predicted octanol–water partition coefficient (Wildman–Crippen LogP) is 10.8. The first-order valence-corrected chi connectivity index (χ1v) is 13.5. The molecule has 0 heteroatoms. The van der Waals surface area contributed by atoms with Gasteiger partial charge in [-0.1, -0.05) is 155 Å². The van der Waals surface area contributed by atoms with Crippen molar-refractivity contribution >= 4 is 0 Å². The molecule has 2 radical (unpaired) electrons. The number of unbranched alkanes of at least 4 members (excludes halogenated alkanes) is 18. The van der Waals surface area contributed by atoms with Gasteiger partial charge in [-0.2, -0.15) is 0 Å². The van der Waals surface area contributed by atoms with Crippen LogP contribution in [0.25, 0.3) is 0 Å². The Labute approximate surface area is 186 Å². The Kier molecular flexibility index (Phi) is 25.5. The maximum atomic E-state index is 3.91. The second kappa shape index (κ2) is 25.8. The summed E-state index contributed by atoms with van der Waals surface area (Å²) in [6, 6.07) is 0. The molecule has 0 aromatic heterocycles. The lowest BCUT2D eigenvalue weighted by Gasteiger charge is -2.10. The highest BCUT2D eigenvalue weighted by Crippen LogP contribution is 2.18. The fourth-order valence-corrected chi connectivity index (χ4v) is 4.19. The number of hydrogen-bond donors (Lipinski definition) is 0. The van der Waals surface area contributed by atoms with Gasteiger partial charge in [0.05, 0.1) is 0 Å². The normalized spacial score (nSPS) is 12.8. The third-order valence-electron chi connectivity index (χ3n) is 6.30. The summed E-state index contributed by atoms with van der Waals surface area (Å²) in [5.74, 6) is 0.924. The van der Waals surface area contributed by atoms with Crippen LogP contribution in [0.15, 0.2) is 12.2 Å². The molecule has 0 nitrogen and oxygen atoms in total. The van der Waals surface area contributed by atoms with Gasteiger partial charge in [-0.15, -0.1) is 0 Å². The monoisotopic (exact) mass is 404 g/mol. The van der Waals surface area contributed by atoms with E-state index < -0.39 is 0 Å². The van der Waals surface area contributed by atoms with Crippen molar-refractivity contribution in [2.45, 2.75) is 155 Å². The lowest BCUT2D eigenvalue weighted by Crippen LogP contribution is -1.94. The van der Waals surface area contributed by atoms with Gasteiger partial charge in [0.25, 0.3) is 0 Å². The van der Waals surface area contributed by atoms with Crippen LogP contribution < -0.4 is 0 Å². The second-order valence-electron chi connectivity index (χ2n) is 9.45. The Morgan fingerprint density at radius 1 is 0.448 bits per heavy atom. The van der Waals surface area contributed by atoms with Crippen molar-refractivity contribution in [1.82, 2.24) is 0 Å². The first-order chi connectivity index (χ1) is 14.3. The molecule has 29 heavy (non-hydrogen) atoms. The van der Waals surface area contributed by atoms with Crippen LogP contribution in [-0.4, -0.2) is 0 Å². The minimum atomic E-state index is 0.924. The van der Waals surface area contributed by atoms with E-state index in [1.54, 1.807) is 0 Å². The highest BCUT2D eigenvalue weighted by atomic mass is 14.1. The lowest BCUT2D eigenvalue weighted by atomic mass is 9.96. The van der Waals surface area contributed by atoms with E-state index in [4.69, 9.17) is 0 Å². The highest BCUT2D eigenvalue weighted by molar-refractivity contribution is 4.81. The van der Waals surface area contributed by atoms with Gasteiger partial charge in [0.15, 0.2) is 0 Å². The summed E-state index contributed by atoms with van der Waals surface area (Å²) < 4.78 is 0. The van der Waals surface area contributed by atoms with Gasteiger partial charge in [0.2, 0.25) is 0 Å². The molecule has 0 bridgehead atoms. The lowest BCUT2D eigenvalue weighted by molar-refractivity contribution is 0.444. The maximum Gasteiger partial charge on any atom is -0.0351 e. The molecule has 1 unspecified atom stereocenters. The summed E-state index contributed by atoms with van der Waals surface area (Å²) in [6.07, 6.45) is 36.6. The summed E-state index contributed by atoms with van der Waals surface area (Å²) in [5.41, 5.74) is 0. The van der Waals surface area contributed by atoms with E-state index in [1.165, 1.54) is 135 Å². The Balaban J connectivity index is 3.16. The van der Waals surface area contributed by atoms with Gasteiger partial charge in [0, 0.05) is 0 Å². The van der Waals surface area contributed by atoms with Crippen LogP contribution in [-0.2, 0) is 0 Å². The van der Waals surface area contributed by atoms with E-state index in [-0.39, 0.29) is 0 Å². The molecule has 0 fully saturated rings. The molecule has 0 spiro atoms. The van der Waals surface area contributed by atoms with Crippen molar-refractivity contribution in [3.63, 3.8) is 0 Å². The zero-order valence-corrected chi connectivity index (χ0v) is 20.4. The molecule has 0 heterocycles. The number of hydrogen-bond acceptors (Lipinski definition) is 0. The van der Waals surface area contributed by atoms with Crippen LogP contribution in [0.4, 0.5) is 0 Å². The molecule has 0 amide bonds. The van der Waals surface area contributed by atoms with Crippen molar-refractivity contribution in [1.29, 1.82) is 0 Å². The summed E-state index contributed by atoms with van der Waals surface area (Å²) in [7, 11) is 0. The molecule has 0 aromatic carbocycles. The summed E-state index contributed by atoms with van der Waals surface area (Å²) in [5, 5.41) is 0. The number of allylic oxidation sites excluding steroid dienone is 2. The van der Waals surface area contributed by atoms with Gasteiger partial charge in [0.1, 0.15) is 0 Å². The largest absolute Gasteiger partial charge is 0.0885 e. The van der Waals surface area contributed by atoms with Gasteiger partial charge >= 0.3 is 0 Å². The van der Waals surface area contributed by atoms with Crippen LogP contribution in [0.2, 0.25) is 0 Å². The standard InChI is InChI=1S/C29H56/c1-4-6-8-10-12-14-15-16-17-18-19-20-22-24-26-28-29(3)27-25-23-21-13-11-9-7-5-2/h13,21,29H,1-2,4-12,14-20,22-28H2,3H3/b21-13+. The van der Waals surface area contributed by atoms with Crippen LogP contribution in [0.3, 0.4) is 0 Å². The smallest absolute Gasteiger partial charge is 0.0351 e. The molecule has 0 aliphatic carbocycles. The molecular formula is C29H56. The van der Waals surface area contributed by atoms with Crippen molar-refractivity contribution in [3.05, 3.63) is 26.0 Å². The first kappa shape index (κ1) is 28.7. The van der Waals surface area contributed by atoms with Crippen LogP contribution in [0, 0.1) is 19.8 Å². The van der Waals surface area contributed by atoms with Gasteiger partial charge in [-0.05, 0) is 31.6 Å². The molecule has 0 rings (SSSR count). The molecule has 0 saturated carbocycles. The molecule has 172 valence electrons. The Hall–Kier alpha value is -0.260. The van der Waals surface area contributed by atoms with Gasteiger partial charge < -0.3 is 0 Å². The zero-order chi connectivity index (χ0) is 21.3. The first-order valence-electron chi connectivity index (χ1n) is 13.5. The topological polar surface area (TPSA) is 0 Å². The fraction of sp³-hybridized carbons (Fsp3) is 0.862. The quantitative estimate of drug-likeness (QED) is 0.111. The number of rotatable bonds is 24. The Morgan fingerprint density at radius 2 is 0.793 bits per heavy atom. The van der Waals surface area contributed by atoms with Gasteiger partial charge in [-0.25, -0.2) is 0 Å². The van der Waals surface area contributed by atoms with E-state index in [0.717, 1.165) is 18.8 Å². The minimum absolute atomic E-state index is 0.924. The Bertz CT molecular complexity index is 303. The summed E-state index contributed by atoms with van der Waals surface area (Å²) in [4.78, 5) is 0. The van der Waals surface area contributed by atoms with Crippen LogP contribution >= 0.6 is 0 Å². The van der Waals surface area contributed by atoms with Crippen molar-refractivity contribution in [2.75, 3.05) is 0 Å². The zero-order valence-electron chi connectivity index (χ0n) is 20.4. The fourth-order valence-electron chi connectivity index (χ4n) is 4.19. The van der Waals surface area contributed by atoms with Crippen LogP contribution in [0.1, 0.15) is 155 Å². The second-order valence-corrected chi connectivity index (χ2v) is 9.45. The van der Waals surface area contributed by atoms with E-state index in [1.807, 2.05) is 0 Å². The predicted molar refractivity (Wildman–Crippen MR) is 135 cm³/mol. The molecule has 0 N–H and O–H groups in total. The average Bonchev–Trinajstić information content (AvgIpc) is 2.72. The summed E-state index contributed by atoms with van der Waals surface area (Å²) in [6.45, 7) is 10.3. The molecule has 0 aliphatic heterocycles. The van der Waals surface area contributed by atoms with E-state index in [0.29, 0.717) is 0 Å².